The van der Waals surface area contributed by atoms with E-state index in [1.165, 1.54) is 6.08 Å². The van der Waals surface area contributed by atoms with Crippen molar-refractivity contribution in [3.63, 3.8) is 0 Å². The van der Waals surface area contributed by atoms with Gasteiger partial charge in [-0.05, 0) is 35.0 Å². The highest BCUT2D eigenvalue weighted by Gasteiger charge is 2.34. The average molecular weight is 405 g/mol. The zero-order chi connectivity index (χ0) is 21.1. The summed E-state index contributed by atoms with van der Waals surface area (Å²) in [5, 5.41) is 1.85. The van der Waals surface area contributed by atoms with E-state index >= 15 is 0 Å². The van der Waals surface area contributed by atoms with E-state index < -0.39 is 0 Å². The van der Waals surface area contributed by atoms with Crippen molar-refractivity contribution in [1.82, 2.24) is 14.5 Å². The lowest BCUT2D eigenvalue weighted by Gasteiger charge is -2.01. The van der Waals surface area contributed by atoms with E-state index in [-0.39, 0.29) is 23.0 Å². The third-order valence-corrected chi connectivity index (χ3v) is 5.69. The molecule has 1 aliphatic carbocycles. The molecule has 31 heavy (non-hydrogen) atoms. The SMILES string of the molecule is Cn1c(-c2cccnc2)cc2oc(C=C3C(=O)c4cc5ccccc5cc4C3=O)nc21. The Labute approximate surface area is 176 Å². The minimum absolute atomic E-state index is 0.0735. The number of aromatic nitrogens is 3. The molecule has 0 N–H and O–H groups in total. The minimum Gasteiger partial charge on any atom is -0.435 e. The second-order valence-corrected chi connectivity index (χ2v) is 7.53. The molecule has 0 bridgehead atoms. The van der Waals surface area contributed by atoms with Gasteiger partial charge in [0.1, 0.15) is 0 Å². The molecule has 5 aromatic rings. The third kappa shape index (κ3) is 2.58. The van der Waals surface area contributed by atoms with Crippen molar-refractivity contribution in [3.8, 4) is 11.3 Å². The van der Waals surface area contributed by atoms with Crippen LogP contribution >= 0.6 is 0 Å². The molecule has 0 saturated heterocycles. The Morgan fingerprint density at radius 1 is 0.935 bits per heavy atom. The number of allylic oxidation sites excluding steroid dienone is 1. The Morgan fingerprint density at radius 2 is 1.65 bits per heavy atom. The Bertz CT molecular complexity index is 1520. The molecule has 0 radical (unpaired) electrons. The quantitative estimate of drug-likeness (QED) is 0.310. The van der Waals surface area contributed by atoms with E-state index in [0.29, 0.717) is 22.4 Å². The molecule has 0 amide bonds. The number of oxazole rings is 1. The van der Waals surface area contributed by atoms with Gasteiger partial charge >= 0.3 is 0 Å². The molecule has 6 heteroatoms. The van der Waals surface area contributed by atoms with Crippen molar-refractivity contribution in [2.24, 2.45) is 7.05 Å². The highest BCUT2D eigenvalue weighted by Crippen LogP contribution is 2.33. The lowest BCUT2D eigenvalue weighted by atomic mass is 10.0. The van der Waals surface area contributed by atoms with Gasteiger partial charge in [0.05, 0.1) is 11.3 Å². The Balaban J connectivity index is 1.42. The molecule has 0 fully saturated rings. The minimum atomic E-state index is -0.302. The van der Waals surface area contributed by atoms with Crippen LogP contribution in [0, 0.1) is 0 Å². The monoisotopic (exact) mass is 405 g/mol. The second kappa shape index (κ2) is 6.34. The number of carbonyl (C=O) groups excluding carboxylic acids is 2. The van der Waals surface area contributed by atoms with Gasteiger partial charge in [-0.2, -0.15) is 4.98 Å². The molecule has 6 rings (SSSR count). The fourth-order valence-electron chi connectivity index (χ4n) is 4.13. The maximum Gasteiger partial charge on any atom is 0.222 e. The summed E-state index contributed by atoms with van der Waals surface area (Å²) in [6.07, 6.45) is 4.93. The summed E-state index contributed by atoms with van der Waals surface area (Å²) in [5.74, 6) is -0.375. The van der Waals surface area contributed by atoms with E-state index in [0.717, 1.165) is 22.0 Å². The molecule has 0 atom stereocenters. The first-order chi connectivity index (χ1) is 15.1. The van der Waals surface area contributed by atoms with Crippen molar-refractivity contribution in [2.45, 2.75) is 0 Å². The molecule has 3 aromatic heterocycles. The number of benzene rings is 2. The fraction of sp³-hybridized carbons (Fsp3) is 0.0400. The molecular weight excluding hydrogens is 390 g/mol. The van der Waals surface area contributed by atoms with Crippen molar-refractivity contribution in [3.05, 3.63) is 89.6 Å². The zero-order valence-electron chi connectivity index (χ0n) is 16.5. The van der Waals surface area contributed by atoms with Gasteiger partial charge in [0.2, 0.25) is 5.89 Å². The fourth-order valence-corrected chi connectivity index (χ4v) is 4.13. The molecule has 2 aromatic carbocycles. The van der Waals surface area contributed by atoms with Crippen LogP contribution in [0.15, 0.2) is 77.0 Å². The zero-order valence-corrected chi connectivity index (χ0v) is 16.5. The van der Waals surface area contributed by atoms with Crippen LogP contribution in [0.4, 0.5) is 0 Å². The standard InChI is InChI=1S/C25H15N3O3/c1-28-20(16-7-4-8-26-13-16)12-21-25(28)27-22(31-21)11-19-23(29)17-9-14-5-2-3-6-15(14)10-18(17)24(19)30/h2-13H,1H3. The van der Waals surface area contributed by atoms with Gasteiger partial charge in [-0.15, -0.1) is 0 Å². The van der Waals surface area contributed by atoms with E-state index in [1.807, 2.05) is 54.1 Å². The first-order valence-corrected chi connectivity index (χ1v) is 9.81. The number of carbonyl (C=O) groups is 2. The van der Waals surface area contributed by atoms with E-state index in [4.69, 9.17) is 4.42 Å². The van der Waals surface area contributed by atoms with Crippen molar-refractivity contribution >= 4 is 39.6 Å². The van der Waals surface area contributed by atoms with Gasteiger partial charge in [-0.1, -0.05) is 24.3 Å². The van der Waals surface area contributed by atoms with E-state index in [1.54, 1.807) is 24.5 Å². The molecule has 0 unspecified atom stereocenters. The molecule has 3 heterocycles. The maximum absolute atomic E-state index is 12.9. The number of rotatable bonds is 2. The first kappa shape index (κ1) is 17.5. The summed E-state index contributed by atoms with van der Waals surface area (Å²) >= 11 is 0. The molecule has 0 spiro atoms. The predicted octanol–water partition coefficient (Wildman–Crippen LogP) is 4.84. The van der Waals surface area contributed by atoms with Crippen molar-refractivity contribution in [1.29, 1.82) is 0 Å². The van der Waals surface area contributed by atoms with Gasteiger partial charge in [-0.25, -0.2) is 0 Å². The number of hydrogen-bond donors (Lipinski definition) is 0. The summed E-state index contributed by atoms with van der Waals surface area (Å²) in [5.41, 5.74) is 3.99. The lowest BCUT2D eigenvalue weighted by molar-refractivity contribution is 0.0990. The smallest absolute Gasteiger partial charge is 0.222 e. The first-order valence-electron chi connectivity index (χ1n) is 9.81. The largest absolute Gasteiger partial charge is 0.435 e. The van der Waals surface area contributed by atoms with Gasteiger partial charge in [-0.3, -0.25) is 14.6 Å². The highest BCUT2D eigenvalue weighted by atomic mass is 16.3. The number of aryl methyl sites for hydroxylation is 1. The van der Waals surface area contributed by atoms with Gasteiger partial charge in [0.25, 0.3) is 0 Å². The Kier molecular flexibility index (Phi) is 3.58. The summed E-state index contributed by atoms with van der Waals surface area (Å²) in [7, 11) is 1.89. The molecule has 1 aliphatic rings. The van der Waals surface area contributed by atoms with Crippen LogP contribution in [-0.4, -0.2) is 26.1 Å². The summed E-state index contributed by atoms with van der Waals surface area (Å²) in [6, 6.07) is 16.9. The second-order valence-electron chi connectivity index (χ2n) is 7.53. The predicted molar refractivity (Wildman–Crippen MR) is 117 cm³/mol. The Morgan fingerprint density at radius 3 is 2.26 bits per heavy atom. The average Bonchev–Trinajstić information content (AvgIpc) is 3.41. The molecule has 148 valence electrons. The normalized spacial score (nSPS) is 13.4. The Hall–Kier alpha value is -4.32. The van der Waals surface area contributed by atoms with Crippen LogP contribution in [-0.2, 0) is 7.05 Å². The number of hydrogen-bond acceptors (Lipinski definition) is 5. The van der Waals surface area contributed by atoms with Crippen molar-refractivity contribution < 1.29 is 14.0 Å². The molecular formula is C25H15N3O3. The summed E-state index contributed by atoms with van der Waals surface area (Å²) < 4.78 is 7.75. The molecule has 0 aliphatic heterocycles. The van der Waals surface area contributed by atoms with Crippen LogP contribution in [0.25, 0.3) is 39.3 Å². The molecule has 0 saturated carbocycles. The summed E-state index contributed by atoms with van der Waals surface area (Å²) in [6.45, 7) is 0. The maximum atomic E-state index is 12.9. The summed E-state index contributed by atoms with van der Waals surface area (Å²) in [4.78, 5) is 34.5. The lowest BCUT2D eigenvalue weighted by Crippen LogP contribution is -2.00. The van der Waals surface area contributed by atoms with Crippen LogP contribution < -0.4 is 0 Å². The number of ketones is 2. The van der Waals surface area contributed by atoms with Crippen LogP contribution in [0.3, 0.4) is 0 Å². The molecule has 6 nitrogen and oxygen atoms in total. The highest BCUT2D eigenvalue weighted by molar-refractivity contribution is 6.42. The number of pyridine rings is 1. The van der Waals surface area contributed by atoms with Crippen LogP contribution in [0.5, 0.6) is 0 Å². The number of fused-ring (bicyclic) bond motifs is 3. The van der Waals surface area contributed by atoms with Crippen molar-refractivity contribution in [2.75, 3.05) is 0 Å². The van der Waals surface area contributed by atoms with Gasteiger partial charge in [0.15, 0.2) is 22.8 Å². The van der Waals surface area contributed by atoms with E-state index in [9.17, 15) is 9.59 Å². The van der Waals surface area contributed by atoms with Gasteiger partial charge < -0.3 is 8.98 Å². The number of Topliss-reactive ketones (excluding diaryl/α,β-unsaturated/α-hetero) is 2. The van der Waals surface area contributed by atoms with Crippen LogP contribution in [0.1, 0.15) is 26.6 Å². The van der Waals surface area contributed by atoms with Crippen LogP contribution in [0.2, 0.25) is 0 Å². The van der Waals surface area contributed by atoms with Gasteiger partial charge in [0, 0.05) is 48.3 Å². The van der Waals surface area contributed by atoms with E-state index in [2.05, 4.69) is 9.97 Å². The topological polar surface area (TPSA) is 78.0 Å². The number of nitrogens with zero attached hydrogens (tertiary/aromatic N) is 3. The third-order valence-electron chi connectivity index (χ3n) is 5.69.